The van der Waals surface area contributed by atoms with E-state index in [4.69, 9.17) is 16.3 Å². The first-order valence-corrected chi connectivity index (χ1v) is 8.75. The van der Waals surface area contributed by atoms with Crippen LogP contribution in [0.15, 0.2) is 24.3 Å². The number of carbonyl (C=O) groups excluding carboxylic acids is 2. The second-order valence-electron chi connectivity index (χ2n) is 7.20. The zero-order valence-corrected chi connectivity index (χ0v) is 15.5. The van der Waals surface area contributed by atoms with E-state index in [0.717, 1.165) is 0 Å². The number of halogens is 1. The van der Waals surface area contributed by atoms with Crippen molar-refractivity contribution in [3.63, 3.8) is 0 Å². The van der Waals surface area contributed by atoms with Crippen LogP contribution >= 0.6 is 11.6 Å². The van der Waals surface area contributed by atoms with Crippen molar-refractivity contribution < 1.29 is 19.4 Å². The Morgan fingerprint density at radius 2 is 1.80 bits per heavy atom. The Bertz CT molecular complexity index is 604. The molecule has 1 heterocycles. The lowest BCUT2D eigenvalue weighted by Gasteiger charge is -2.34. The molecule has 1 aromatic carbocycles. The van der Waals surface area contributed by atoms with Crippen LogP contribution in [-0.2, 0) is 9.53 Å². The zero-order valence-electron chi connectivity index (χ0n) is 14.8. The summed E-state index contributed by atoms with van der Waals surface area (Å²) in [5, 5.41) is 13.5. The number of hydrogen-bond acceptors (Lipinski definition) is 4. The van der Waals surface area contributed by atoms with Crippen LogP contribution in [0.1, 0.15) is 45.3 Å². The van der Waals surface area contributed by atoms with E-state index in [9.17, 15) is 14.7 Å². The molecule has 2 N–H and O–H groups in total. The van der Waals surface area contributed by atoms with Gasteiger partial charge in [0.15, 0.2) is 6.10 Å². The summed E-state index contributed by atoms with van der Waals surface area (Å²) in [4.78, 5) is 25.9. The standard InChI is InChI=1S/C18H25ClN2O4/c1-18(2,3)25-17(24)21-10-8-14(9-11-21)20-16(23)15(22)12-4-6-13(19)7-5-12/h4-7,14-15,22H,8-11H2,1-3H3,(H,20,23). The summed E-state index contributed by atoms with van der Waals surface area (Å²) in [7, 11) is 0. The summed E-state index contributed by atoms with van der Waals surface area (Å²) in [5.41, 5.74) is -0.0294. The van der Waals surface area contributed by atoms with Gasteiger partial charge < -0.3 is 20.1 Å². The fourth-order valence-corrected chi connectivity index (χ4v) is 2.74. The number of aliphatic hydroxyl groups is 1. The van der Waals surface area contributed by atoms with Gasteiger partial charge in [0.1, 0.15) is 5.60 Å². The SMILES string of the molecule is CC(C)(C)OC(=O)N1CCC(NC(=O)C(O)c2ccc(Cl)cc2)CC1. The van der Waals surface area contributed by atoms with Crippen LogP contribution < -0.4 is 5.32 Å². The maximum Gasteiger partial charge on any atom is 0.410 e. The highest BCUT2D eigenvalue weighted by atomic mass is 35.5. The maximum atomic E-state index is 12.2. The number of hydrogen-bond donors (Lipinski definition) is 2. The number of piperidine rings is 1. The molecule has 1 atom stereocenters. The molecule has 2 rings (SSSR count). The van der Waals surface area contributed by atoms with E-state index < -0.39 is 17.6 Å². The molecule has 0 radical (unpaired) electrons. The minimum atomic E-state index is -1.24. The van der Waals surface area contributed by atoms with Gasteiger partial charge in [-0.25, -0.2) is 4.79 Å². The quantitative estimate of drug-likeness (QED) is 0.859. The molecule has 1 aliphatic heterocycles. The Morgan fingerprint density at radius 1 is 1.24 bits per heavy atom. The van der Waals surface area contributed by atoms with Gasteiger partial charge in [-0.1, -0.05) is 23.7 Å². The number of nitrogens with one attached hydrogen (secondary N) is 1. The predicted molar refractivity (Wildman–Crippen MR) is 95.4 cm³/mol. The van der Waals surface area contributed by atoms with Gasteiger partial charge in [0.2, 0.25) is 0 Å². The molecular weight excluding hydrogens is 344 g/mol. The summed E-state index contributed by atoms with van der Waals surface area (Å²) in [6.45, 7) is 6.51. The van der Waals surface area contributed by atoms with Crippen molar-refractivity contribution in [3.8, 4) is 0 Å². The first-order chi connectivity index (χ1) is 11.7. The zero-order chi connectivity index (χ0) is 18.6. The summed E-state index contributed by atoms with van der Waals surface area (Å²) in [6.07, 6.45) is -0.323. The summed E-state index contributed by atoms with van der Waals surface area (Å²) in [5.74, 6) is -0.446. The minimum Gasteiger partial charge on any atom is -0.444 e. The Hall–Kier alpha value is -1.79. The number of amides is 2. The van der Waals surface area contributed by atoms with Crippen LogP contribution in [0.2, 0.25) is 5.02 Å². The molecule has 138 valence electrons. The first-order valence-electron chi connectivity index (χ1n) is 8.37. The first kappa shape index (κ1) is 19.5. The number of likely N-dealkylation sites (tertiary alicyclic amines) is 1. The molecule has 0 spiro atoms. The Kier molecular flexibility index (Phi) is 6.30. The van der Waals surface area contributed by atoms with Gasteiger partial charge in [-0.3, -0.25) is 4.79 Å². The summed E-state index contributed by atoms with van der Waals surface area (Å²) in [6, 6.07) is 6.43. The fourth-order valence-electron chi connectivity index (χ4n) is 2.61. The molecule has 0 saturated carbocycles. The summed E-state index contributed by atoms with van der Waals surface area (Å²) < 4.78 is 5.35. The molecule has 7 heteroatoms. The van der Waals surface area contributed by atoms with E-state index in [2.05, 4.69) is 5.32 Å². The van der Waals surface area contributed by atoms with Crippen molar-refractivity contribution in [1.82, 2.24) is 10.2 Å². The number of rotatable bonds is 3. The maximum absolute atomic E-state index is 12.2. The van der Waals surface area contributed by atoms with Gasteiger partial charge in [0.05, 0.1) is 0 Å². The van der Waals surface area contributed by atoms with Gasteiger partial charge >= 0.3 is 6.09 Å². The van der Waals surface area contributed by atoms with Crippen LogP contribution in [0.4, 0.5) is 4.79 Å². The van der Waals surface area contributed by atoms with Crippen molar-refractivity contribution in [2.24, 2.45) is 0 Å². The van der Waals surface area contributed by atoms with Crippen LogP contribution in [-0.4, -0.2) is 46.7 Å². The minimum absolute atomic E-state index is 0.0758. The third kappa shape index (κ3) is 5.90. The molecule has 1 unspecified atom stereocenters. The average Bonchev–Trinajstić information content (AvgIpc) is 2.54. The molecule has 2 amide bonds. The molecule has 0 bridgehead atoms. The molecule has 0 aromatic heterocycles. The van der Waals surface area contributed by atoms with E-state index in [1.54, 1.807) is 29.2 Å². The largest absolute Gasteiger partial charge is 0.444 e. The highest BCUT2D eigenvalue weighted by molar-refractivity contribution is 6.30. The van der Waals surface area contributed by atoms with E-state index in [-0.39, 0.29) is 12.1 Å². The normalized spacial score (nSPS) is 17.1. The fraction of sp³-hybridized carbons (Fsp3) is 0.556. The predicted octanol–water partition coefficient (Wildman–Crippen LogP) is 2.89. The molecule has 1 aromatic rings. The molecular formula is C18H25ClN2O4. The molecule has 1 saturated heterocycles. The number of nitrogens with zero attached hydrogens (tertiary/aromatic N) is 1. The highest BCUT2D eigenvalue weighted by Gasteiger charge is 2.28. The van der Waals surface area contributed by atoms with Crippen molar-refractivity contribution >= 4 is 23.6 Å². The second-order valence-corrected chi connectivity index (χ2v) is 7.64. The lowest BCUT2D eigenvalue weighted by molar-refractivity contribution is -0.130. The number of benzene rings is 1. The van der Waals surface area contributed by atoms with Crippen molar-refractivity contribution in [3.05, 3.63) is 34.9 Å². The lowest BCUT2D eigenvalue weighted by Crippen LogP contribution is -2.48. The highest BCUT2D eigenvalue weighted by Crippen LogP contribution is 2.19. The molecule has 25 heavy (non-hydrogen) atoms. The van der Waals surface area contributed by atoms with Gasteiger partial charge in [-0.2, -0.15) is 0 Å². The molecule has 0 aliphatic carbocycles. The van der Waals surface area contributed by atoms with Gasteiger partial charge in [0, 0.05) is 24.2 Å². The average molecular weight is 369 g/mol. The number of aliphatic hydroxyl groups excluding tert-OH is 1. The molecule has 1 aliphatic rings. The number of ether oxygens (including phenoxy) is 1. The van der Waals surface area contributed by atoms with E-state index in [0.29, 0.717) is 36.5 Å². The van der Waals surface area contributed by atoms with Crippen LogP contribution in [0, 0.1) is 0 Å². The number of carbonyl (C=O) groups is 2. The summed E-state index contributed by atoms with van der Waals surface area (Å²) >= 11 is 5.81. The van der Waals surface area contributed by atoms with Crippen molar-refractivity contribution in [2.45, 2.75) is 51.4 Å². The monoisotopic (exact) mass is 368 g/mol. The van der Waals surface area contributed by atoms with Gasteiger partial charge in [0.25, 0.3) is 5.91 Å². The Balaban J connectivity index is 1.82. The van der Waals surface area contributed by atoms with E-state index >= 15 is 0 Å². The smallest absolute Gasteiger partial charge is 0.410 e. The van der Waals surface area contributed by atoms with Crippen LogP contribution in [0.5, 0.6) is 0 Å². The Morgan fingerprint density at radius 3 is 2.32 bits per heavy atom. The molecule has 1 fully saturated rings. The second kappa shape index (κ2) is 8.06. The van der Waals surface area contributed by atoms with Crippen molar-refractivity contribution in [2.75, 3.05) is 13.1 Å². The topological polar surface area (TPSA) is 78.9 Å². The van der Waals surface area contributed by atoms with Gasteiger partial charge in [-0.05, 0) is 51.3 Å². The Labute approximate surface area is 153 Å². The third-order valence-corrected chi connectivity index (χ3v) is 4.18. The molecule has 6 nitrogen and oxygen atoms in total. The van der Waals surface area contributed by atoms with E-state index in [1.807, 2.05) is 20.8 Å². The van der Waals surface area contributed by atoms with Crippen LogP contribution in [0.3, 0.4) is 0 Å². The third-order valence-electron chi connectivity index (χ3n) is 3.93. The van der Waals surface area contributed by atoms with Crippen molar-refractivity contribution in [1.29, 1.82) is 0 Å². The van der Waals surface area contributed by atoms with Gasteiger partial charge in [-0.15, -0.1) is 0 Å². The van der Waals surface area contributed by atoms with E-state index in [1.165, 1.54) is 0 Å². The van der Waals surface area contributed by atoms with Crippen LogP contribution in [0.25, 0.3) is 0 Å². The lowest BCUT2D eigenvalue weighted by atomic mass is 10.0.